The molecule has 0 spiro atoms. The van der Waals surface area contributed by atoms with Gasteiger partial charge < -0.3 is 24.0 Å². The van der Waals surface area contributed by atoms with Crippen molar-refractivity contribution in [1.82, 2.24) is 9.80 Å². The first-order valence-corrected chi connectivity index (χ1v) is 13.6. The van der Waals surface area contributed by atoms with Gasteiger partial charge in [-0.3, -0.25) is 4.79 Å². The first-order valence-electron chi connectivity index (χ1n) is 12.7. The minimum Gasteiger partial charge on any atom is -0.497 e. The molecule has 3 heterocycles. The molecule has 198 valence electrons. The second kappa shape index (κ2) is 11.3. The number of hydrogen-bond acceptors (Lipinski definition) is 8. The average molecular weight is 534 g/mol. The molecule has 0 aliphatic carbocycles. The van der Waals surface area contributed by atoms with Gasteiger partial charge in [-0.2, -0.15) is 0 Å². The van der Waals surface area contributed by atoms with Gasteiger partial charge in [0, 0.05) is 30.4 Å². The fourth-order valence-electron chi connectivity index (χ4n) is 5.02. The Morgan fingerprint density at radius 1 is 1.03 bits per heavy atom. The van der Waals surface area contributed by atoms with Gasteiger partial charge >= 0.3 is 5.97 Å². The number of amidine groups is 1. The molecule has 0 aromatic heterocycles. The van der Waals surface area contributed by atoms with Crippen molar-refractivity contribution in [2.75, 3.05) is 33.9 Å². The van der Waals surface area contributed by atoms with Crippen LogP contribution in [0.4, 0.5) is 0 Å². The Morgan fingerprint density at radius 3 is 2.34 bits per heavy atom. The Morgan fingerprint density at radius 2 is 1.71 bits per heavy atom. The van der Waals surface area contributed by atoms with Gasteiger partial charge in [-0.1, -0.05) is 42.1 Å². The van der Waals surface area contributed by atoms with Crippen LogP contribution in [-0.2, 0) is 14.3 Å². The van der Waals surface area contributed by atoms with Crippen molar-refractivity contribution in [1.29, 1.82) is 0 Å². The predicted octanol–water partition coefficient (Wildman–Crippen LogP) is 4.99. The lowest BCUT2D eigenvalue weighted by Gasteiger charge is -2.37. The van der Waals surface area contributed by atoms with Crippen molar-refractivity contribution in [3.8, 4) is 11.5 Å². The molecule has 5 rings (SSSR count). The topological polar surface area (TPSA) is 80.7 Å². The summed E-state index contributed by atoms with van der Waals surface area (Å²) in [6, 6.07) is 14.6. The van der Waals surface area contributed by atoms with Crippen LogP contribution < -0.4 is 9.47 Å². The largest absolute Gasteiger partial charge is 0.497 e. The molecule has 2 aromatic rings. The molecule has 2 aromatic carbocycles. The number of rotatable bonds is 8. The summed E-state index contributed by atoms with van der Waals surface area (Å²) in [6.45, 7) is 3.57. The van der Waals surface area contributed by atoms with Crippen molar-refractivity contribution in [3.05, 3.63) is 76.3 Å². The number of carbonyl (C=O) groups excluding carboxylic acids is 2. The van der Waals surface area contributed by atoms with Crippen LogP contribution in [0.15, 0.2) is 70.2 Å². The standard InChI is InChI=1S/C29H31N3O5S/c1-4-37-28(34)25-26(19-10-6-5-7-11-19)30-29-32(21(18-38-29)16-24(33)31-12-8-9-13-31)27(25)20-14-22(35-2)17-23(15-20)36-3/h5-7,10-11,14-15,17-18,27H,4,8-9,12-13,16H2,1-3H3/t27-/m1/s1. The molecule has 1 fully saturated rings. The summed E-state index contributed by atoms with van der Waals surface area (Å²) in [5, 5.41) is 2.67. The average Bonchev–Trinajstić information content (AvgIpc) is 3.63. The number of fused-ring (bicyclic) bond motifs is 1. The van der Waals surface area contributed by atoms with E-state index >= 15 is 0 Å². The van der Waals surface area contributed by atoms with E-state index < -0.39 is 12.0 Å². The van der Waals surface area contributed by atoms with Crippen molar-refractivity contribution < 1.29 is 23.8 Å². The number of hydrogen-bond donors (Lipinski definition) is 0. The van der Waals surface area contributed by atoms with Crippen LogP contribution in [0.1, 0.15) is 43.4 Å². The molecule has 0 bridgehead atoms. The summed E-state index contributed by atoms with van der Waals surface area (Å²) >= 11 is 1.46. The zero-order valence-electron chi connectivity index (χ0n) is 21.8. The highest BCUT2D eigenvalue weighted by Crippen LogP contribution is 2.48. The van der Waals surface area contributed by atoms with Crippen LogP contribution in [0.5, 0.6) is 11.5 Å². The van der Waals surface area contributed by atoms with Gasteiger partial charge in [0.25, 0.3) is 0 Å². The Hall–Kier alpha value is -3.72. The highest BCUT2D eigenvalue weighted by atomic mass is 32.2. The van der Waals surface area contributed by atoms with Crippen molar-refractivity contribution in [3.63, 3.8) is 0 Å². The first kappa shape index (κ1) is 25.9. The van der Waals surface area contributed by atoms with Gasteiger partial charge in [-0.15, -0.1) is 0 Å². The van der Waals surface area contributed by atoms with Crippen LogP contribution >= 0.6 is 11.8 Å². The molecule has 0 N–H and O–H groups in total. The SMILES string of the molecule is CCOC(=O)C1=C(c2ccccc2)N=C2SC=C(CC(=O)N3CCCC3)N2[C@@H]1c1cc(OC)cc(OC)c1. The highest BCUT2D eigenvalue weighted by molar-refractivity contribution is 8.16. The predicted molar refractivity (Wildman–Crippen MR) is 148 cm³/mol. The molecule has 1 amide bonds. The van der Waals surface area contributed by atoms with E-state index in [1.54, 1.807) is 27.2 Å². The number of likely N-dealkylation sites (tertiary alicyclic amines) is 1. The Labute approximate surface area is 226 Å². The van der Waals surface area contributed by atoms with Gasteiger partial charge in [-0.05, 0) is 42.9 Å². The zero-order valence-corrected chi connectivity index (χ0v) is 22.6. The number of aliphatic imine (C=N–C) groups is 1. The van der Waals surface area contributed by atoms with Crippen LogP contribution in [0, 0.1) is 0 Å². The summed E-state index contributed by atoms with van der Waals surface area (Å²) in [7, 11) is 3.19. The van der Waals surface area contributed by atoms with Crippen LogP contribution in [0.3, 0.4) is 0 Å². The second-order valence-electron chi connectivity index (χ2n) is 9.15. The molecular formula is C29H31N3O5S. The molecule has 0 unspecified atom stereocenters. The zero-order chi connectivity index (χ0) is 26.6. The fourth-order valence-corrected chi connectivity index (χ4v) is 5.94. The third-order valence-electron chi connectivity index (χ3n) is 6.83. The van der Waals surface area contributed by atoms with E-state index in [1.807, 2.05) is 57.7 Å². The number of thioether (sulfide) groups is 1. The van der Waals surface area contributed by atoms with Gasteiger partial charge in [0.2, 0.25) is 5.91 Å². The van der Waals surface area contributed by atoms with E-state index in [9.17, 15) is 9.59 Å². The minimum absolute atomic E-state index is 0.0769. The number of benzene rings is 2. The van der Waals surface area contributed by atoms with E-state index in [0.717, 1.165) is 42.8 Å². The Kier molecular flexibility index (Phi) is 7.74. The molecule has 1 atom stereocenters. The summed E-state index contributed by atoms with van der Waals surface area (Å²) in [5.74, 6) is 0.813. The summed E-state index contributed by atoms with van der Waals surface area (Å²) < 4.78 is 16.7. The maximum absolute atomic E-state index is 13.7. The molecule has 3 aliphatic rings. The first-order chi connectivity index (χ1) is 18.5. The Bertz CT molecular complexity index is 1290. The number of esters is 1. The van der Waals surface area contributed by atoms with E-state index in [1.165, 1.54) is 11.8 Å². The minimum atomic E-state index is -0.603. The van der Waals surface area contributed by atoms with Crippen LogP contribution in [0.2, 0.25) is 0 Å². The van der Waals surface area contributed by atoms with Crippen molar-refractivity contribution in [2.45, 2.75) is 32.2 Å². The van der Waals surface area contributed by atoms with E-state index in [2.05, 4.69) is 0 Å². The second-order valence-corrected chi connectivity index (χ2v) is 9.99. The smallest absolute Gasteiger partial charge is 0.338 e. The van der Waals surface area contributed by atoms with Gasteiger partial charge in [0.05, 0.1) is 44.6 Å². The normalized spacial score (nSPS) is 18.7. The quantitative estimate of drug-likeness (QED) is 0.442. The lowest BCUT2D eigenvalue weighted by atomic mass is 9.91. The molecular weight excluding hydrogens is 502 g/mol. The van der Waals surface area contributed by atoms with Crippen molar-refractivity contribution in [2.24, 2.45) is 4.99 Å². The van der Waals surface area contributed by atoms with E-state index in [4.69, 9.17) is 19.2 Å². The summed E-state index contributed by atoms with van der Waals surface area (Å²) in [5.41, 5.74) is 3.33. The summed E-state index contributed by atoms with van der Waals surface area (Å²) in [4.78, 5) is 35.7. The Balaban J connectivity index is 1.67. The monoisotopic (exact) mass is 533 g/mol. The van der Waals surface area contributed by atoms with Gasteiger partial charge in [0.15, 0.2) is 5.17 Å². The van der Waals surface area contributed by atoms with Crippen molar-refractivity contribution >= 4 is 34.5 Å². The fraction of sp³-hybridized carbons (Fsp3) is 0.345. The number of carbonyl (C=O) groups is 2. The molecule has 1 saturated heterocycles. The third kappa shape index (κ3) is 5.03. The number of nitrogens with zero attached hydrogens (tertiary/aromatic N) is 3. The number of ether oxygens (including phenoxy) is 3. The van der Waals surface area contributed by atoms with E-state index in [-0.39, 0.29) is 18.9 Å². The van der Waals surface area contributed by atoms with Gasteiger partial charge in [-0.25, -0.2) is 9.79 Å². The maximum atomic E-state index is 13.7. The lowest BCUT2D eigenvalue weighted by Crippen LogP contribution is -2.38. The third-order valence-corrected chi connectivity index (χ3v) is 7.72. The molecule has 0 radical (unpaired) electrons. The van der Waals surface area contributed by atoms with Crippen LogP contribution in [0.25, 0.3) is 5.70 Å². The highest BCUT2D eigenvalue weighted by Gasteiger charge is 2.43. The molecule has 8 nitrogen and oxygen atoms in total. The van der Waals surface area contributed by atoms with Crippen LogP contribution in [-0.4, -0.2) is 60.8 Å². The van der Waals surface area contributed by atoms with E-state index in [0.29, 0.717) is 27.9 Å². The number of amides is 1. The molecule has 3 aliphatic heterocycles. The molecule has 9 heteroatoms. The summed E-state index contributed by atoms with van der Waals surface area (Å²) in [6.07, 6.45) is 2.27. The van der Waals surface area contributed by atoms with Gasteiger partial charge in [0.1, 0.15) is 11.5 Å². The lowest BCUT2D eigenvalue weighted by molar-refractivity contribution is -0.139. The maximum Gasteiger partial charge on any atom is 0.338 e. The number of methoxy groups -OCH3 is 2. The molecule has 38 heavy (non-hydrogen) atoms. The molecule has 0 saturated carbocycles.